The average Bonchev–Trinajstić information content (AvgIpc) is 2.29. The molecule has 1 rings (SSSR count). The third kappa shape index (κ3) is 4.13. The Hall–Kier alpha value is -1.84. The van der Waals surface area contributed by atoms with Gasteiger partial charge in [-0.3, -0.25) is 4.79 Å². The smallest absolute Gasteiger partial charge is 0.311 e. The molecule has 0 saturated heterocycles. The second-order valence-electron chi connectivity index (χ2n) is 3.51. The van der Waals surface area contributed by atoms with Gasteiger partial charge in [-0.05, 0) is 19.1 Å². The molecule has 0 unspecified atom stereocenters. The zero-order valence-corrected chi connectivity index (χ0v) is 9.47. The zero-order valence-electron chi connectivity index (χ0n) is 9.47. The van der Waals surface area contributed by atoms with Crippen molar-refractivity contribution in [3.8, 4) is 0 Å². The first kappa shape index (κ1) is 12.2. The number of carbonyl (C=O) groups is 1. The Balaban J connectivity index is 2.56. The van der Waals surface area contributed by atoms with E-state index in [0.29, 0.717) is 0 Å². The van der Waals surface area contributed by atoms with Crippen molar-refractivity contribution >= 4 is 12.2 Å². The summed E-state index contributed by atoms with van der Waals surface area (Å²) in [7, 11) is 1.31. The summed E-state index contributed by atoms with van der Waals surface area (Å²) in [5.41, 5.74) is 1.97. The summed E-state index contributed by atoms with van der Waals surface area (Å²) in [6.45, 7) is 2.09. The summed E-state index contributed by atoms with van der Waals surface area (Å²) in [5.74, 6) is -0.377. The van der Waals surface area contributed by atoms with Crippen molar-refractivity contribution in [1.29, 1.82) is 0 Å². The van der Waals surface area contributed by atoms with Gasteiger partial charge in [0.15, 0.2) is 12.8 Å². The normalized spacial score (nSPS) is 11.2. The number of carbonyl (C=O) groups excluding carboxylic acids is 1. The quantitative estimate of drug-likeness (QED) is 0.254. The molecule has 0 amide bonds. The van der Waals surface area contributed by atoms with E-state index in [9.17, 15) is 10.0 Å². The molecule has 0 fully saturated rings. The van der Waals surface area contributed by atoms with Crippen LogP contribution in [0.5, 0.6) is 0 Å². The van der Waals surface area contributed by atoms with Crippen molar-refractivity contribution in [3.63, 3.8) is 0 Å². The Labute approximate surface area is 94.7 Å². The molecule has 0 bridgehead atoms. The van der Waals surface area contributed by atoms with Gasteiger partial charge in [-0.2, -0.15) is 0 Å². The van der Waals surface area contributed by atoms with E-state index in [-0.39, 0.29) is 18.9 Å². The summed E-state index contributed by atoms with van der Waals surface area (Å²) in [5, 5.41) is 11.4. The Morgan fingerprint density at radius 1 is 1.44 bits per heavy atom. The first-order valence-corrected chi connectivity index (χ1v) is 5.04. The molecule has 0 radical (unpaired) electrons. The number of methoxy groups -OCH3 is 1. The number of aryl methyl sites for hydroxylation is 1. The molecule has 0 aliphatic rings. The molecule has 0 N–H and O–H groups in total. The fourth-order valence-electron chi connectivity index (χ4n) is 1.19. The molecule has 86 valence electrons. The van der Waals surface area contributed by atoms with Gasteiger partial charge in [0, 0.05) is 5.56 Å². The molecule has 0 atom stereocenters. The Morgan fingerprint density at radius 2 is 2.06 bits per heavy atom. The summed E-state index contributed by atoms with van der Waals surface area (Å²) in [6, 6.07) is 7.58. The van der Waals surface area contributed by atoms with Gasteiger partial charge in [0.05, 0.1) is 7.11 Å². The molecular formula is C12H15NO3. The lowest BCUT2D eigenvalue weighted by atomic mass is 10.2. The third-order valence-electron chi connectivity index (χ3n) is 2.13. The van der Waals surface area contributed by atoms with E-state index in [4.69, 9.17) is 0 Å². The zero-order chi connectivity index (χ0) is 12.0. The van der Waals surface area contributed by atoms with E-state index < -0.39 is 0 Å². The monoisotopic (exact) mass is 221 g/mol. The summed E-state index contributed by atoms with van der Waals surface area (Å²) < 4.78 is 5.19. The largest absolute Gasteiger partial charge is 0.624 e. The molecule has 0 saturated carbocycles. The maximum Gasteiger partial charge on any atom is 0.311 e. The van der Waals surface area contributed by atoms with Crippen molar-refractivity contribution < 1.29 is 14.3 Å². The van der Waals surface area contributed by atoms with Crippen LogP contribution in [0.15, 0.2) is 24.3 Å². The Kier molecular flexibility index (Phi) is 4.51. The van der Waals surface area contributed by atoms with Crippen LogP contribution in [-0.4, -0.2) is 30.6 Å². The maximum atomic E-state index is 11.4. The minimum Gasteiger partial charge on any atom is -0.624 e. The minimum atomic E-state index is -0.377. The van der Waals surface area contributed by atoms with Crippen LogP contribution in [-0.2, 0) is 9.53 Å². The van der Waals surface area contributed by atoms with Crippen LogP contribution in [0, 0.1) is 12.1 Å². The van der Waals surface area contributed by atoms with Crippen LogP contribution in [0.1, 0.15) is 17.5 Å². The highest BCUT2D eigenvalue weighted by Crippen LogP contribution is 2.00. The predicted molar refractivity (Wildman–Crippen MR) is 61.5 cm³/mol. The second-order valence-corrected chi connectivity index (χ2v) is 3.51. The van der Waals surface area contributed by atoms with Crippen molar-refractivity contribution in [1.82, 2.24) is 0 Å². The van der Waals surface area contributed by atoms with E-state index in [2.05, 4.69) is 4.74 Å². The molecule has 1 aromatic rings. The number of ether oxygens (including phenoxy) is 1. The Bertz CT molecular complexity index is 382. The van der Waals surface area contributed by atoms with Gasteiger partial charge in [-0.1, -0.05) is 17.7 Å². The number of esters is 1. The van der Waals surface area contributed by atoms with Crippen molar-refractivity contribution in [2.24, 2.45) is 0 Å². The fourth-order valence-corrected chi connectivity index (χ4v) is 1.19. The first-order chi connectivity index (χ1) is 7.61. The molecule has 0 aliphatic heterocycles. The molecule has 0 aliphatic carbocycles. The minimum absolute atomic E-state index is 0.0996. The van der Waals surface area contributed by atoms with Crippen LogP contribution < -0.4 is 0 Å². The average molecular weight is 221 g/mol. The fraction of sp³-hybridized carbons (Fsp3) is 0.333. The van der Waals surface area contributed by atoms with E-state index in [1.165, 1.54) is 13.3 Å². The highest BCUT2D eigenvalue weighted by atomic mass is 16.5. The SMILES string of the molecule is COC(=O)CC/[N+]([O-])=C/c1ccc(C)cc1. The van der Waals surface area contributed by atoms with E-state index in [1.54, 1.807) is 0 Å². The highest BCUT2D eigenvalue weighted by molar-refractivity contribution is 5.75. The molecule has 0 aromatic heterocycles. The molecule has 4 nitrogen and oxygen atoms in total. The van der Waals surface area contributed by atoms with Crippen LogP contribution in [0.2, 0.25) is 0 Å². The lowest BCUT2D eigenvalue weighted by molar-refractivity contribution is -0.451. The van der Waals surface area contributed by atoms with E-state index in [0.717, 1.165) is 15.9 Å². The summed E-state index contributed by atoms with van der Waals surface area (Å²) in [4.78, 5) is 10.8. The van der Waals surface area contributed by atoms with E-state index in [1.807, 2.05) is 31.2 Å². The molecular weight excluding hydrogens is 206 g/mol. The lowest BCUT2D eigenvalue weighted by Gasteiger charge is -2.03. The van der Waals surface area contributed by atoms with Gasteiger partial charge in [-0.15, -0.1) is 0 Å². The molecule has 4 heteroatoms. The highest BCUT2D eigenvalue weighted by Gasteiger charge is 2.03. The van der Waals surface area contributed by atoms with Crippen LogP contribution in [0.4, 0.5) is 0 Å². The third-order valence-corrected chi connectivity index (χ3v) is 2.13. The summed E-state index contributed by atoms with van der Waals surface area (Å²) >= 11 is 0. The maximum absolute atomic E-state index is 11.4. The van der Waals surface area contributed by atoms with Crippen LogP contribution in [0.3, 0.4) is 0 Å². The number of hydrogen-bond donors (Lipinski definition) is 0. The number of hydroxylamine groups is 1. The van der Waals surface area contributed by atoms with Crippen LogP contribution >= 0.6 is 0 Å². The van der Waals surface area contributed by atoms with Crippen LogP contribution in [0.25, 0.3) is 0 Å². The van der Waals surface area contributed by atoms with Crippen molar-refractivity contribution in [2.75, 3.05) is 13.7 Å². The molecule has 0 spiro atoms. The first-order valence-electron chi connectivity index (χ1n) is 5.04. The topological polar surface area (TPSA) is 52.4 Å². The van der Waals surface area contributed by atoms with E-state index >= 15 is 0 Å². The Morgan fingerprint density at radius 3 is 2.62 bits per heavy atom. The molecule has 16 heavy (non-hydrogen) atoms. The number of nitrogens with zero attached hydrogens (tertiary/aromatic N) is 1. The number of hydrogen-bond acceptors (Lipinski definition) is 3. The van der Waals surface area contributed by atoms with Gasteiger partial charge in [0.2, 0.25) is 0 Å². The molecule has 1 aromatic carbocycles. The van der Waals surface area contributed by atoms with Crippen molar-refractivity contribution in [3.05, 3.63) is 40.6 Å². The number of benzene rings is 1. The lowest BCUT2D eigenvalue weighted by Crippen LogP contribution is -2.13. The second kappa shape index (κ2) is 5.90. The summed E-state index contributed by atoms with van der Waals surface area (Å²) in [6.07, 6.45) is 1.56. The van der Waals surface area contributed by atoms with Gasteiger partial charge >= 0.3 is 5.97 Å². The van der Waals surface area contributed by atoms with Gasteiger partial charge in [0.25, 0.3) is 0 Å². The van der Waals surface area contributed by atoms with Gasteiger partial charge < -0.3 is 9.94 Å². The predicted octanol–water partition coefficient (Wildman–Crippen LogP) is 1.49. The molecule has 0 heterocycles. The number of rotatable bonds is 4. The van der Waals surface area contributed by atoms with Gasteiger partial charge in [-0.25, -0.2) is 4.74 Å². The standard InChI is InChI=1S/C12H15NO3/c1-10-3-5-11(6-4-10)9-13(15)8-7-12(14)16-2/h3-6,9H,7-8H2,1-2H3/b13-9-. The van der Waals surface area contributed by atoms with Gasteiger partial charge in [0.1, 0.15) is 6.42 Å². The van der Waals surface area contributed by atoms with Crippen molar-refractivity contribution in [2.45, 2.75) is 13.3 Å².